The SMILES string of the molecule is Cc1ccc(NC(=O)Cn2c(=O)cc(-c3nc(C4CC4)no3)c3ccccc32)cc1F. The fourth-order valence-electron chi connectivity index (χ4n) is 3.54. The Morgan fingerprint density at radius 2 is 2.03 bits per heavy atom. The Kier molecular flexibility index (Phi) is 4.62. The third-order valence-corrected chi connectivity index (χ3v) is 5.39. The maximum atomic E-state index is 13.8. The number of pyridine rings is 1. The van der Waals surface area contributed by atoms with Gasteiger partial charge in [-0.2, -0.15) is 4.98 Å². The highest BCUT2D eigenvalue weighted by Crippen LogP contribution is 2.39. The molecule has 31 heavy (non-hydrogen) atoms. The van der Waals surface area contributed by atoms with Crippen molar-refractivity contribution in [2.75, 3.05) is 5.32 Å². The van der Waals surface area contributed by atoms with Crippen molar-refractivity contribution in [1.82, 2.24) is 14.7 Å². The van der Waals surface area contributed by atoms with E-state index in [9.17, 15) is 14.0 Å². The highest BCUT2D eigenvalue weighted by atomic mass is 19.1. The summed E-state index contributed by atoms with van der Waals surface area (Å²) in [7, 11) is 0. The van der Waals surface area contributed by atoms with Crippen molar-refractivity contribution in [2.24, 2.45) is 0 Å². The second-order valence-corrected chi connectivity index (χ2v) is 7.74. The van der Waals surface area contributed by atoms with Gasteiger partial charge in [-0.1, -0.05) is 29.4 Å². The molecule has 8 heteroatoms. The summed E-state index contributed by atoms with van der Waals surface area (Å²) >= 11 is 0. The van der Waals surface area contributed by atoms with E-state index < -0.39 is 11.7 Å². The van der Waals surface area contributed by atoms with Gasteiger partial charge in [-0.05, 0) is 43.5 Å². The molecule has 1 saturated carbocycles. The Hall–Kier alpha value is -3.81. The summed E-state index contributed by atoms with van der Waals surface area (Å²) in [5, 5.41) is 7.40. The van der Waals surface area contributed by atoms with Crippen LogP contribution in [0.25, 0.3) is 22.4 Å². The van der Waals surface area contributed by atoms with E-state index in [1.165, 1.54) is 16.7 Å². The minimum absolute atomic E-state index is 0.216. The number of halogens is 1. The Morgan fingerprint density at radius 1 is 1.23 bits per heavy atom. The maximum absolute atomic E-state index is 13.8. The Morgan fingerprint density at radius 3 is 2.81 bits per heavy atom. The molecule has 2 heterocycles. The summed E-state index contributed by atoms with van der Waals surface area (Å²) in [5.41, 5.74) is 1.56. The zero-order chi connectivity index (χ0) is 21.5. The van der Waals surface area contributed by atoms with Crippen LogP contribution in [0.5, 0.6) is 0 Å². The lowest BCUT2D eigenvalue weighted by Gasteiger charge is -2.12. The van der Waals surface area contributed by atoms with Crippen LogP contribution < -0.4 is 10.9 Å². The molecule has 7 nitrogen and oxygen atoms in total. The van der Waals surface area contributed by atoms with Crippen LogP contribution in [0.3, 0.4) is 0 Å². The molecule has 4 aromatic rings. The fraction of sp³-hybridized carbons (Fsp3) is 0.217. The standard InChI is InChI=1S/C23H19FN4O3/c1-13-6-9-15(10-18(13)24)25-20(29)12-28-19-5-3-2-4-16(19)17(11-21(28)30)23-26-22(27-31-23)14-7-8-14/h2-6,9-11,14H,7-8,12H2,1H3,(H,25,29). The Bertz CT molecular complexity index is 1370. The smallest absolute Gasteiger partial charge is 0.258 e. The number of aromatic nitrogens is 3. The maximum Gasteiger partial charge on any atom is 0.258 e. The number of hydrogen-bond donors (Lipinski definition) is 1. The Balaban J connectivity index is 1.49. The van der Waals surface area contributed by atoms with Gasteiger partial charge >= 0.3 is 0 Å². The summed E-state index contributed by atoms with van der Waals surface area (Å²) in [6.45, 7) is 1.43. The first-order valence-electron chi connectivity index (χ1n) is 10.0. The number of amides is 1. The molecule has 0 saturated heterocycles. The average Bonchev–Trinajstić information content (AvgIpc) is 3.49. The minimum atomic E-state index is -0.433. The monoisotopic (exact) mass is 418 g/mol. The number of carbonyl (C=O) groups is 1. The van der Waals surface area contributed by atoms with Crippen molar-refractivity contribution in [3.05, 3.63) is 76.1 Å². The lowest BCUT2D eigenvalue weighted by atomic mass is 10.1. The van der Waals surface area contributed by atoms with Crippen LogP contribution in [0.1, 0.15) is 30.1 Å². The van der Waals surface area contributed by atoms with Crippen LogP contribution in [0.4, 0.5) is 10.1 Å². The van der Waals surface area contributed by atoms with E-state index in [4.69, 9.17) is 4.52 Å². The van der Waals surface area contributed by atoms with Crippen molar-refractivity contribution >= 4 is 22.5 Å². The molecule has 0 unspecified atom stereocenters. The second kappa shape index (κ2) is 7.46. The first kappa shape index (κ1) is 19.2. The van der Waals surface area contributed by atoms with E-state index in [0.717, 1.165) is 18.2 Å². The van der Waals surface area contributed by atoms with E-state index in [-0.39, 0.29) is 12.1 Å². The largest absolute Gasteiger partial charge is 0.334 e. The van der Waals surface area contributed by atoms with Gasteiger partial charge in [0.2, 0.25) is 5.91 Å². The number of hydrogen-bond acceptors (Lipinski definition) is 5. The molecule has 0 atom stereocenters. The summed E-state index contributed by atoms with van der Waals surface area (Å²) in [5.74, 6) is 0.446. The molecular weight excluding hydrogens is 399 g/mol. The van der Waals surface area contributed by atoms with E-state index >= 15 is 0 Å². The van der Waals surface area contributed by atoms with Crippen molar-refractivity contribution < 1.29 is 13.7 Å². The third-order valence-electron chi connectivity index (χ3n) is 5.39. The molecule has 2 aromatic carbocycles. The Labute approximate surface area is 176 Å². The minimum Gasteiger partial charge on any atom is -0.334 e. The molecule has 2 aromatic heterocycles. The highest BCUT2D eigenvalue weighted by molar-refractivity contribution is 5.95. The molecule has 0 bridgehead atoms. The van der Waals surface area contributed by atoms with E-state index in [1.807, 2.05) is 12.1 Å². The quantitative estimate of drug-likeness (QED) is 0.529. The molecule has 0 radical (unpaired) electrons. The van der Waals surface area contributed by atoms with Crippen LogP contribution in [0.15, 0.2) is 57.8 Å². The molecule has 1 aliphatic carbocycles. The zero-order valence-electron chi connectivity index (χ0n) is 16.8. The molecule has 5 rings (SSSR count). The van der Waals surface area contributed by atoms with Crippen LogP contribution in [0.2, 0.25) is 0 Å². The van der Waals surface area contributed by atoms with E-state index in [0.29, 0.717) is 40.0 Å². The summed E-state index contributed by atoms with van der Waals surface area (Å²) in [4.78, 5) is 29.9. The van der Waals surface area contributed by atoms with Gasteiger partial charge in [-0.15, -0.1) is 0 Å². The topological polar surface area (TPSA) is 90.0 Å². The van der Waals surface area contributed by atoms with Gasteiger partial charge < -0.3 is 9.84 Å². The first-order valence-corrected chi connectivity index (χ1v) is 10.0. The van der Waals surface area contributed by atoms with Crippen molar-refractivity contribution in [1.29, 1.82) is 0 Å². The number of aryl methyl sites for hydroxylation is 1. The van der Waals surface area contributed by atoms with Gasteiger partial charge in [0.1, 0.15) is 12.4 Å². The number of fused-ring (bicyclic) bond motifs is 1. The van der Waals surface area contributed by atoms with E-state index in [2.05, 4.69) is 15.5 Å². The first-order chi connectivity index (χ1) is 15.0. The van der Waals surface area contributed by atoms with Crippen molar-refractivity contribution in [3.63, 3.8) is 0 Å². The number of carbonyl (C=O) groups excluding carboxylic acids is 1. The van der Waals surface area contributed by atoms with Crippen LogP contribution in [-0.2, 0) is 11.3 Å². The van der Waals surface area contributed by atoms with Gasteiger partial charge in [0, 0.05) is 23.1 Å². The van der Waals surface area contributed by atoms with E-state index in [1.54, 1.807) is 31.2 Å². The van der Waals surface area contributed by atoms with Gasteiger partial charge in [0.25, 0.3) is 11.4 Å². The predicted octanol–water partition coefficient (Wildman–Crippen LogP) is 4.02. The summed E-state index contributed by atoms with van der Waals surface area (Å²) in [6, 6.07) is 13.1. The number of rotatable bonds is 5. The number of benzene rings is 2. The van der Waals surface area contributed by atoms with Gasteiger partial charge in [-0.25, -0.2) is 4.39 Å². The predicted molar refractivity (Wildman–Crippen MR) is 113 cm³/mol. The lowest BCUT2D eigenvalue weighted by Crippen LogP contribution is -2.27. The van der Waals surface area contributed by atoms with Gasteiger partial charge in [0.05, 0.1) is 11.1 Å². The van der Waals surface area contributed by atoms with Crippen LogP contribution in [0, 0.1) is 12.7 Å². The average molecular weight is 418 g/mol. The number of nitrogens with one attached hydrogen (secondary N) is 1. The van der Waals surface area contributed by atoms with Crippen molar-refractivity contribution in [3.8, 4) is 11.5 Å². The number of nitrogens with zero attached hydrogens (tertiary/aromatic N) is 3. The molecule has 1 aliphatic rings. The molecule has 0 aliphatic heterocycles. The second-order valence-electron chi connectivity index (χ2n) is 7.74. The van der Waals surface area contributed by atoms with Crippen LogP contribution >= 0.6 is 0 Å². The fourth-order valence-corrected chi connectivity index (χ4v) is 3.54. The van der Waals surface area contributed by atoms with Gasteiger partial charge in [-0.3, -0.25) is 14.2 Å². The normalized spacial score (nSPS) is 13.5. The molecule has 1 amide bonds. The molecule has 0 spiro atoms. The highest BCUT2D eigenvalue weighted by Gasteiger charge is 2.29. The molecular formula is C23H19FN4O3. The van der Waals surface area contributed by atoms with Crippen LogP contribution in [-0.4, -0.2) is 20.6 Å². The summed E-state index contributed by atoms with van der Waals surface area (Å²) < 4.78 is 20.5. The molecule has 1 fully saturated rings. The third kappa shape index (κ3) is 3.72. The zero-order valence-corrected chi connectivity index (χ0v) is 16.8. The molecule has 1 N–H and O–H groups in total. The number of para-hydroxylation sites is 1. The summed E-state index contributed by atoms with van der Waals surface area (Å²) in [6.07, 6.45) is 2.09. The van der Waals surface area contributed by atoms with Crippen molar-refractivity contribution in [2.45, 2.75) is 32.2 Å². The molecule has 156 valence electrons. The van der Waals surface area contributed by atoms with Gasteiger partial charge in [0.15, 0.2) is 5.82 Å². The lowest BCUT2D eigenvalue weighted by molar-refractivity contribution is -0.116. The number of anilines is 1.